The second-order valence-electron chi connectivity index (χ2n) is 6.00. The van der Waals surface area contributed by atoms with Gasteiger partial charge in [-0.05, 0) is 25.2 Å². The molecule has 2 heterocycles. The third-order valence-electron chi connectivity index (χ3n) is 3.72. The Morgan fingerprint density at radius 1 is 1.50 bits per heavy atom. The smallest absolute Gasteiger partial charge is 0.328 e. The highest BCUT2D eigenvalue weighted by Gasteiger charge is 2.20. The summed E-state index contributed by atoms with van der Waals surface area (Å²) in [5.41, 5.74) is -1.12. The van der Waals surface area contributed by atoms with Gasteiger partial charge in [0.1, 0.15) is 5.56 Å². The van der Waals surface area contributed by atoms with Crippen LogP contribution >= 0.6 is 0 Å². The van der Waals surface area contributed by atoms with Crippen LogP contribution in [0.2, 0.25) is 0 Å². The van der Waals surface area contributed by atoms with Crippen molar-refractivity contribution in [2.75, 3.05) is 13.2 Å². The summed E-state index contributed by atoms with van der Waals surface area (Å²) in [6.45, 7) is 5.44. The van der Waals surface area contributed by atoms with Crippen molar-refractivity contribution in [3.63, 3.8) is 0 Å². The van der Waals surface area contributed by atoms with Crippen LogP contribution in [-0.2, 0) is 11.3 Å². The lowest BCUT2D eigenvalue weighted by Gasteiger charge is -2.12. The molecule has 1 aliphatic heterocycles. The normalized spacial score (nSPS) is 17.9. The molecule has 7 nitrogen and oxygen atoms in total. The lowest BCUT2D eigenvalue weighted by atomic mass is 10.1. The zero-order chi connectivity index (χ0) is 16.1. The van der Waals surface area contributed by atoms with E-state index < -0.39 is 17.2 Å². The summed E-state index contributed by atoms with van der Waals surface area (Å²) in [6, 6.07) is 0. The van der Waals surface area contributed by atoms with Gasteiger partial charge in [-0.1, -0.05) is 13.8 Å². The number of carbonyl (C=O) groups excluding carboxylic acids is 1. The van der Waals surface area contributed by atoms with Crippen molar-refractivity contribution in [1.29, 1.82) is 0 Å². The van der Waals surface area contributed by atoms with Crippen molar-refractivity contribution < 1.29 is 9.53 Å². The van der Waals surface area contributed by atoms with E-state index in [9.17, 15) is 14.4 Å². The van der Waals surface area contributed by atoms with Gasteiger partial charge >= 0.3 is 5.69 Å². The van der Waals surface area contributed by atoms with Crippen LogP contribution in [0, 0.1) is 5.92 Å². The van der Waals surface area contributed by atoms with E-state index in [0.29, 0.717) is 19.1 Å². The summed E-state index contributed by atoms with van der Waals surface area (Å²) in [4.78, 5) is 38.7. The zero-order valence-electron chi connectivity index (χ0n) is 13.1. The quantitative estimate of drug-likeness (QED) is 0.800. The maximum atomic E-state index is 12.3. The molecular weight excluding hydrogens is 286 g/mol. The van der Waals surface area contributed by atoms with E-state index in [1.165, 1.54) is 6.20 Å². The Labute approximate surface area is 128 Å². The first-order valence-electron chi connectivity index (χ1n) is 7.71. The van der Waals surface area contributed by atoms with E-state index in [4.69, 9.17) is 4.74 Å². The van der Waals surface area contributed by atoms with Crippen molar-refractivity contribution in [2.45, 2.75) is 45.8 Å². The second kappa shape index (κ2) is 7.40. The molecule has 122 valence electrons. The average molecular weight is 309 g/mol. The van der Waals surface area contributed by atoms with Crippen LogP contribution in [0.15, 0.2) is 15.8 Å². The highest BCUT2D eigenvalue weighted by molar-refractivity contribution is 5.93. The fraction of sp³-hybridized carbons (Fsp3) is 0.667. The second-order valence-corrected chi connectivity index (χ2v) is 6.00. The number of carbonyl (C=O) groups is 1. The Kier molecular flexibility index (Phi) is 5.54. The molecule has 1 unspecified atom stereocenters. The molecule has 1 fully saturated rings. The van der Waals surface area contributed by atoms with E-state index in [-0.39, 0.29) is 18.2 Å². The van der Waals surface area contributed by atoms with Gasteiger partial charge in [0.25, 0.3) is 11.5 Å². The Balaban J connectivity index is 2.13. The summed E-state index contributed by atoms with van der Waals surface area (Å²) >= 11 is 0. The van der Waals surface area contributed by atoms with Crippen molar-refractivity contribution >= 4 is 5.91 Å². The van der Waals surface area contributed by atoms with Crippen LogP contribution in [0.4, 0.5) is 0 Å². The van der Waals surface area contributed by atoms with Gasteiger partial charge in [-0.25, -0.2) is 4.79 Å². The summed E-state index contributed by atoms with van der Waals surface area (Å²) in [5, 5.41) is 2.71. The minimum Gasteiger partial charge on any atom is -0.376 e. The molecular formula is C15H23N3O4. The Hall–Kier alpha value is -1.89. The number of H-pyrrole nitrogens is 1. The van der Waals surface area contributed by atoms with Crippen molar-refractivity contribution in [3.05, 3.63) is 32.6 Å². The van der Waals surface area contributed by atoms with Gasteiger partial charge in [0, 0.05) is 19.3 Å². The standard InChI is InChI=1S/C15H23N3O4/c1-10(2)5-6-16-13(19)12-8-17-15(21)18(14(12)20)9-11-4-3-7-22-11/h8,10-11H,3-7,9H2,1-2H3,(H,16,19)(H,17,21). The molecule has 2 N–H and O–H groups in total. The number of hydrogen-bond donors (Lipinski definition) is 2. The molecule has 1 amide bonds. The number of amides is 1. The largest absolute Gasteiger partial charge is 0.376 e. The molecule has 0 saturated carbocycles. The maximum Gasteiger partial charge on any atom is 0.328 e. The Morgan fingerprint density at radius 2 is 2.27 bits per heavy atom. The Bertz CT molecular complexity index is 626. The van der Waals surface area contributed by atoms with E-state index in [0.717, 1.165) is 23.8 Å². The molecule has 0 bridgehead atoms. The Morgan fingerprint density at radius 3 is 2.91 bits per heavy atom. The molecule has 7 heteroatoms. The average Bonchev–Trinajstić information content (AvgIpc) is 2.96. The van der Waals surface area contributed by atoms with E-state index in [1.807, 2.05) is 0 Å². The molecule has 1 aromatic rings. The first-order chi connectivity index (χ1) is 10.5. The van der Waals surface area contributed by atoms with Gasteiger partial charge in [-0.3, -0.25) is 14.2 Å². The predicted molar refractivity (Wildman–Crippen MR) is 82.1 cm³/mol. The third-order valence-corrected chi connectivity index (χ3v) is 3.72. The number of aromatic amines is 1. The van der Waals surface area contributed by atoms with E-state index >= 15 is 0 Å². The summed E-state index contributed by atoms with van der Waals surface area (Å²) < 4.78 is 6.49. The SMILES string of the molecule is CC(C)CCNC(=O)c1c[nH]c(=O)n(CC2CCCO2)c1=O. The number of rotatable bonds is 6. The van der Waals surface area contributed by atoms with Crippen LogP contribution in [0.3, 0.4) is 0 Å². The molecule has 0 radical (unpaired) electrons. The number of aromatic nitrogens is 2. The minimum atomic E-state index is -0.568. The lowest BCUT2D eigenvalue weighted by Crippen LogP contribution is -2.42. The number of ether oxygens (including phenoxy) is 1. The van der Waals surface area contributed by atoms with E-state index in [1.54, 1.807) is 0 Å². The number of nitrogens with one attached hydrogen (secondary N) is 2. The van der Waals surface area contributed by atoms with Gasteiger partial charge in [0.05, 0.1) is 12.6 Å². The van der Waals surface area contributed by atoms with E-state index in [2.05, 4.69) is 24.1 Å². The summed E-state index contributed by atoms with van der Waals surface area (Å²) in [7, 11) is 0. The number of hydrogen-bond acceptors (Lipinski definition) is 4. The minimum absolute atomic E-state index is 0.0404. The van der Waals surface area contributed by atoms with Crippen molar-refractivity contribution in [1.82, 2.24) is 14.9 Å². The summed E-state index contributed by atoms with van der Waals surface area (Å²) in [6.07, 6.45) is 3.61. The van der Waals surface area contributed by atoms with Gasteiger partial charge in [0.2, 0.25) is 0 Å². The van der Waals surface area contributed by atoms with Crippen molar-refractivity contribution in [2.24, 2.45) is 5.92 Å². The lowest BCUT2D eigenvalue weighted by molar-refractivity contribution is 0.0922. The first-order valence-corrected chi connectivity index (χ1v) is 7.71. The molecule has 2 rings (SSSR count). The molecule has 1 atom stereocenters. The molecule has 0 aromatic carbocycles. The number of nitrogens with zero attached hydrogens (tertiary/aromatic N) is 1. The van der Waals surface area contributed by atoms with Crippen LogP contribution in [0.1, 0.15) is 43.5 Å². The van der Waals surface area contributed by atoms with Gasteiger partial charge in [0.15, 0.2) is 0 Å². The molecule has 1 aliphatic rings. The monoisotopic (exact) mass is 309 g/mol. The predicted octanol–water partition coefficient (Wildman–Crippen LogP) is 0.492. The molecule has 0 spiro atoms. The fourth-order valence-electron chi connectivity index (χ4n) is 2.40. The summed E-state index contributed by atoms with van der Waals surface area (Å²) in [5.74, 6) is 0.00930. The molecule has 22 heavy (non-hydrogen) atoms. The van der Waals surface area contributed by atoms with Crippen LogP contribution < -0.4 is 16.6 Å². The van der Waals surface area contributed by atoms with Crippen LogP contribution in [0.25, 0.3) is 0 Å². The van der Waals surface area contributed by atoms with Gasteiger partial charge < -0.3 is 15.0 Å². The highest BCUT2D eigenvalue weighted by atomic mass is 16.5. The van der Waals surface area contributed by atoms with Gasteiger partial charge in [-0.15, -0.1) is 0 Å². The molecule has 0 aliphatic carbocycles. The first kappa shape index (κ1) is 16.5. The maximum absolute atomic E-state index is 12.3. The fourth-order valence-corrected chi connectivity index (χ4v) is 2.40. The zero-order valence-corrected chi connectivity index (χ0v) is 13.1. The topological polar surface area (TPSA) is 93.2 Å². The van der Waals surface area contributed by atoms with Crippen LogP contribution in [-0.4, -0.2) is 34.7 Å². The molecule has 1 saturated heterocycles. The molecule has 1 aromatic heterocycles. The third kappa shape index (κ3) is 4.07. The van der Waals surface area contributed by atoms with Gasteiger partial charge in [-0.2, -0.15) is 0 Å². The highest BCUT2D eigenvalue weighted by Crippen LogP contribution is 2.12. The van der Waals surface area contributed by atoms with Crippen molar-refractivity contribution in [3.8, 4) is 0 Å². The van der Waals surface area contributed by atoms with Crippen LogP contribution in [0.5, 0.6) is 0 Å².